The molecule has 0 spiro atoms. The highest BCUT2D eigenvalue weighted by Crippen LogP contribution is 2.28. The van der Waals surface area contributed by atoms with Gasteiger partial charge < -0.3 is 19.9 Å². The van der Waals surface area contributed by atoms with Gasteiger partial charge in [0.1, 0.15) is 5.82 Å². The number of carbonyl (C=O) groups excluding carboxylic acids is 1. The molecule has 0 radical (unpaired) electrons. The van der Waals surface area contributed by atoms with E-state index < -0.39 is 11.7 Å². The largest absolute Gasteiger partial charge is 0.353 e. The van der Waals surface area contributed by atoms with E-state index in [-0.39, 0.29) is 5.65 Å². The zero-order valence-corrected chi connectivity index (χ0v) is 18.1. The van der Waals surface area contributed by atoms with Gasteiger partial charge in [-0.15, -0.1) is 0 Å². The molecular weight excluding hydrogens is 409 g/mol. The van der Waals surface area contributed by atoms with Crippen molar-refractivity contribution in [3.05, 3.63) is 60.1 Å². The molecule has 32 heavy (non-hydrogen) atoms. The number of nitrogens with one attached hydrogen (secondary N) is 2. The molecule has 8 nitrogen and oxygen atoms in total. The van der Waals surface area contributed by atoms with Crippen molar-refractivity contribution in [2.24, 2.45) is 0 Å². The third-order valence-electron chi connectivity index (χ3n) is 5.61. The van der Waals surface area contributed by atoms with E-state index in [2.05, 4.69) is 44.3 Å². The van der Waals surface area contributed by atoms with Gasteiger partial charge in [0, 0.05) is 61.4 Å². The summed E-state index contributed by atoms with van der Waals surface area (Å²) in [5, 5.41) is 7.10. The molecule has 1 aliphatic rings. The minimum atomic E-state index is -0.505. The van der Waals surface area contributed by atoms with Crippen LogP contribution in [0.1, 0.15) is 29.9 Å². The number of hydrogen-bond donors (Lipinski definition) is 2. The van der Waals surface area contributed by atoms with Gasteiger partial charge in [0.05, 0.1) is 22.5 Å². The van der Waals surface area contributed by atoms with E-state index in [0.717, 1.165) is 24.3 Å². The van der Waals surface area contributed by atoms with Gasteiger partial charge >= 0.3 is 0 Å². The lowest BCUT2D eigenvalue weighted by atomic mass is 10.1. The van der Waals surface area contributed by atoms with Crippen molar-refractivity contribution in [2.75, 3.05) is 23.3 Å². The molecule has 1 fully saturated rings. The molecule has 0 unspecified atom stereocenters. The summed E-state index contributed by atoms with van der Waals surface area (Å²) in [6.07, 6.45) is 6.55. The van der Waals surface area contributed by atoms with Gasteiger partial charge in [0.2, 0.25) is 0 Å². The van der Waals surface area contributed by atoms with Crippen molar-refractivity contribution >= 4 is 34.0 Å². The summed E-state index contributed by atoms with van der Waals surface area (Å²) >= 11 is 0. The van der Waals surface area contributed by atoms with Crippen LogP contribution < -0.4 is 15.5 Å². The van der Waals surface area contributed by atoms with Crippen molar-refractivity contribution in [3.63, 3.8) is 0 Å². The lowest BCUT2D eigenvalue weighted by molar-refractivity contribution is 0.102. The molecule has 2 atom stereocenters. The van der Waals surface area contributed by atoms with Crippen LogP contribution in [0.3, 0.4) is 0 Å². The van der Waals surface area contributed by atoms with Crippen LogP contribution in [-0.4, -0.2) is 50.4 Å². The van der Waals surface area contributed by atoms with E-state index in [1.807, 2.05) is 12.1 Å². The summed E-state index contributed by atoms with van der Waals surface area (Å²) in [5.41, 5.74) is 2.14. The number of fused-ring (bicyclic) bond motifs is 2. The Morgan fingerprint density at radius 1 is 1.22 bits per heavy atom. The fourth-order valence-corrected chi connectivity index (χ4v) is 4.42. The maximum absolute atomic E-state index is 14.4. The number of imidazole rings is 1. The average Bonchev–Trinajstić information content (AvgIpc) is 3.13. The zero-order valence-electron chi connectivity index (χ0n) is 18.1. The summed E-state index contributed by atoms with van der Waals surface area (Å²) in [6.45, 7) is 7.70. The maximum atomic E-state index is 14.4. The number of aryl methyl sites for hydroxylation is 1. The third-order valence-corrected chi connectivity index (χ3v) is 5.61. The fourth-order valence-electron chi connectivity index (χ4n) is 4.42. The van der Waals surface area contributed by atoms with Crippen molar-refractivity contribution < 1.29 is 9.18 Å². The molecule has 164 valence electrons. The molecule has 5 heterocycles. The predicted octanol–water partition coefficient (Wildman–Crippen LogP) is 3.16. The lowest BCUT2D eigenvalue weighted by Gasteiger charge is -2.37. The first-order valence-corrected chi connectivity index (χ1v) is 10.6. The molecule has 5 rings (SSSR count). The van der Waals surface area contributed by atoms with Crippen LogP contribution in [0, 0.1) is 12.7 Å². The second kappa shape index (κ2) is 7.83. The Balaban J connectivity index is 1.50. The van der Waals surface area contributed by atoms with Crippen molar-refractivity contribution in [1.82, 2.24) is 24.7 Å². The van der Waals surface area contributed by atoms with Crippen molar-refractivity contribution in [1.29, 1.82) is 0 Å². The smallest absolute Gasteiger partial charge is 0.259 e. The van der Waals surface area contributed by atoms with Gasteiger partial charge in [-0.3, -0.25) is 9.78 Å². The Bertz CT molecular complexity index is 1320. The Morgan fingerprint density at radius 2 is 2.00 bits per heavy atom. The highest BCUT2D eigenvalue weighted by Gasteiger charge is 2.25. The van der Waals surface area contributed by atoms with Crippen LogP contribution in [-0.2, 0) is 0 Å². The first-order chi connectivity index (χ1) is 15.4. The minimum absolute atomic E-state index is 0.220. The number of nitrogens with zero attached hydrogens (tertiary/aromatic N) is 5. The fraction of sp³-hybridized carbons (Fsp3) is 0.304. The average molecular weight is 433 g/mol. The minimum Gasteiger partial charge on any atom is -0.353 e. The number of halogens is 1. The first kappa shape index (κ1) is 20.3. The molecule has 4 aromatic rings. The number of anilines is 2. The van der Waals surface area contributed by atoms with Crippen LogP contribution in [0.5, 0.6) is 0 Å². The molecule has 0 saturated carbocycles. The van der Waals surface area contributed by atoms with Gasteiger partial charge in [-0.25, -0.2) is 14.4 Å². The Morgan fingerprint density at radius 3 is 2.78 bits per heavy atom. The lowest BCUT2D eigenvalue weighted by Crippen LogP contribution is -2.54. The SMILES string of the molecule is Cc1cn2cc(NC(=O)c3cnc(N4C[C@@H](C)N[C@H](C)C4)c4cccnc34)cc(F)c2n1. The molecular formula is C23H24FN7O. The summed E-state index contributed by atoms with van der Waals surface area (Å²) in [6, 6.07) is 5.69. The molecule has 0 bridgehead atoms. The molecule has 0 aromatic carbocycles. The molecule has 1 aliphatic heterocycles. The van der Waals surface area contributed by atoms with E-state index >= 15 is 0 Å². The Labute approximate surface area is 184 Å². The van der Waals surface area contributed by atoms with Crippen molar-refractivity contribution in [3.8, 4) is 0 Å². The monoisotopic (exact) mass is 433 g/mol. The number of pyridine rings is 3. The van der Waals surface area contributed by atoms with Crippen LogP contribution in [0.2, 0.25) is 0 Å². The van der Waals surface area contributed by atoms with Gasteiger partial charge in [-0.05, 0) is 32.9 Å². The molecule has 9 heteroatoms. The third kappa shape index (κ3) is 3.64. The molecule has 2 N–H and O–H groups in total. The van der Waals surface area contributed by atoms with Crippen LogP contribution in [0.25, 0.3) is 16.6 Å². The van der Waals surface area contributed by atoms with E-state index in [0.29, 0.717) is 34.5 Å². The zero-order chi connectivity index (χ0) is 22.4. The van der Waals surface area contributed by atoms with Gasteiger partial charge in [-0.1, -0.05) is 0 Å². The Hall–Kier alpha value is -3.59. The normalized spacial score (nSPS) is 18.9. The van der Waals surface area contributed by atoms with Gasteiger partial charge in [-0.2, -0.15) is 0 Å². The number of aromatic nitrogens is 4. The summed E-state index contributed by atoms with van der Waals surface area (Å²) in [7, 11) is 0. The van der Waals surface area contributed by atoms with E-state index in [1.165, 1.54) is 6.07 Å². The summed E-state index contributed by atoms with van der Waals surface area (Å²) in [4.78, 5) is 28.6. The molecule has 4 aromatic heterocycles. The standard InChI is InChI=1S/C23H24FN7O/c1-13-9-30(10-14(2)27-13)21-17-5-4-6-25-20(17)18(8-26-21)23(32)29-16-7-19(24)22-28-15(3)11-31(22)12-16/h4-8,11-14,27H,9-10H2,1-3H3,(H,29,32)/t13-,14-/m1/s1. The van der Waals surface area contributed by atoms with Gasteiger partial charge in [0.25, 0.3) is 5.91 Å². The van der Waals surface area contributed by atoms with E-state index in [4.69, 9.17) is 0 Å². The summed E-state index contributed by atoms with van der Waals surface area (Å²) < 4.78 is 16.0. The number of piperazine rings is 1. The van der Waals surface area contributed by atoms with E-state index in [1.54, 1.807) is 36.1 Å². The van der Waals surface area contributed by atoms with Crippen LogP contribution in [0.4, 0.5) is 15.9 Å². The number of carbonyl (C=O) groups is 1. The number of amides is 1. The summed E-state index contributed by atoms with van der Waals surface area (Å²) in [5.74, 6) is -0.0918. The highest BCUT2D eigenvalue weighted by molar-refractivity contribution is 6.13. The predicted molar refractivity (Wildman–Crippen MR) is 122 cm³/mol. The Kier molecular flexibility index (Phi) is 4.97. The van der Waals surface area contributed by atoms with Gasteiger partial charge in [0.15, 0.2) is 11.5 Å². The topological polar surface area (TPSA) is 87.5 Å². The maximum Gasteiger partial charge on any atom is 0.259 e. The molecule has 1 saturated heterocycles. The van der Waals surface area contributed by atoms with Crippen LogP contribution >= 0.6 is 0 Å². The van der Waals surface area contributed by atoms with Crippen LogP contribution in [0.15, 0.2) is 43.0 Å². The van der Waals surface area contributed by atoms with Crippen molar-refractivity contribution in [2.45, 2.75) is 32.9 Å². The molecule has 0 aliphatic carbocycles. The second-order valence-corrected chi connectivity index (χ2v) is 8.41. The first-order valence-electron chi connectivity index (χ1n) is 10.6. The second-order valence-electron chi connectivity index (χ2n) is 8.41. The van der Waals surface area contributed by atoms with E-state index in [9.17, 15) is 9.18 Å². The highest BCUT2D eigenvalue weighted by atomic mass is 19.1. The number of hydrogen-bond acceptors (Lipinski definition) is 6. The quantitative estimate of drug-likeness (QED) is 0.516. The number of rotatable bonds is 3. The molecule has 1 amide bonds.